The van der Waals surface area contributed by atoms with Gasteiger partial charge in [0, 0.05) is 17.2 Å². The largest absolute Gasteiger partial charge is 0.367 e. The van der Waals surface area contributed by atoms with Crippen LogP contribution in [0, 0.1) is 5.92 Å². The molecule has 0 amide bonds. The molecule has 20 heavy (non-hydrogen) atoms. The second-order valence-corrected chi connectivity index (χ2v) is 6.43. The number of hydrogen-bond acceptors (Lipinski definition) is 2. The summed E-state index contributed by atoms with van der Waals surface area (Å²) in [6, 6.07) is 5.01. The Hall–Kier alpha value is -0.570. The molecule has 0 N–H and O–H groups in total. The highest BCUT2D eigenvalue weighted by Gasteiger charge is 2.43. The van der Waals surface area contributed by atoms with Crippen LogP contribution in [0.5, 0.6) is 0 Å². The maximum Gasteiger partial charge on any atom is 0.196 e. The van der Waals surface area contributed by atoms with E-state index >= 15 is 0 Å². The van der Waals surface area contributed by atoms with Crippen LogP contribution in [0.1, 0.15) is 49.9 Å². The summed E-state index contributed by atoms with van der Waals surface area (Å²) in [6.07, 6.45) is 3.66. The van der Waals surface area contributed by atoms with Crippen molar-refractivity contribution in [1.82, 2.24) is 0 Å². The van der Waals surface area contributed by atoms with Crippen LogP contribution >= 0.6 is 23.2 Å². The quantitative estimate of drug-likeness (QED) is 0.717. The number of rotatable bonds is 4. The fourth-order valence-corrected chi connectivity index (χ4v) is 3.47. The van der Waals surface area contributed by atoms with Crippen molar-refractivity contribution in [3.05, 3.63) is 33.8 Å². The number of ketones is 1. The molecule has 0 bridgehead atoms. The molecule has 2 unspecified atom stereocenters. The third-order valence-electron chi connectivity index (χ3n) is 3.96. The zero-order valence-electron chi connectivity index (χ0n) is 11.9. The average Bonchev–Trinajstić information content (AvgIpc) is 2.41. The Balaban J connectivity index is 2.38. The maximum absolute atomic E-state index is 13.0. The SMILES string of the molecule is CCOC1(C(=O)c2cc(Cl)ccc2Cl)CCCC(C)C1. The van der Waals surface area contributed by atoms with Crippen LogP contribution in [-0.2, 0) is 4.74 Å². The molecule has 1 aliphatic carbocycles. The standard InChI is InChI=1S/C16H20Cl2O2/c1-3-20-16(8-4-5-11(2)10-16)15(19)13-9-12(17)6-7-14(13)18/h6-7,9,11H,3-5,8,10H2,1-2H3. The van der Waals surface area contributed by atoms with Gasteiger partial charge in [0.2, 0.25) is 0 Å². The van der Waals surface area contributed by atoms with Crippen LogP contribution in [0.4, 0.5) is 0 Å². The van der Waals surface area contributed by atoms with Crippen LogP contribution in [0.25, 0.3) is 0 Å². The van der Waals surface area contributed by atoms with Crippen molar-refractivity contribution in [2.45, 2.75) is 45.1 Å². The first-order chi connectivity index (χ1) is 9.48. The predicted molar refractivity (Wildman–Crippen MR) is 82.8 cm³/mol. The highest BCUT2D eigenvalue weighted by atomic mass is 35.5. The van der Waals surface area contributed by atoms with Crippen LogP contribution in [-0.4, -0.2) is 18.0 Å². The highest BCUT2D eigenvalue weighted by molar-refractivity contribution is 6.36. The molecule has 1 saturated carbocycles. The van der Waals surface area contributed by atoms with Gasteiger partial charge in [-0.15, -0.1) is 0 Å². The minimum atomic E-state index is -0.735. The molecule has 0 saturated heterocycles. The van der Waals surface area contributed by atoms with E-state index in [1.165, 1.54) is 0 Å². The minimum Gasteiger partial charge on any atom is -0.367 e. The van der Waals surface area contributed by atoms with Gasteiger partial charge in [0.15, 0.2) is 5.78 Å². The molecule has 2 rings (SSSR count). The van der Waals surface area contributed by atoms with E-state index < -0.39 is 5.60 Å². The molecule has 4 heteroatoms. The van der Waals surface area contributed by atoms with E-state index in [9.17, 15) is 4.79 Å². The molecule has 0 heterocycles. The second kappa shape index (κ2) is 6.46. The third kappa shape index (κ3) is 3.19. The first kappa shape index (κ1) is 15.8. The molecule has 2 nitrogen and oxygen atoms in total. The predicted octanol–water partition coefficient (Wildman–Crippen LogP) is 5.16. The van der Waals surface area contributed by atoms with Crippen LogP contribution in [0.3, 0.4) is 0 Å². The fourth-order valence-electron chi connectivity index (χ4n) is 3.10. The lowest BCUT2D eigenvalue weighted by Crippen LogP contribution is -2.45. The lowest BCUT2D eigenvalue weighted by Gasteiger charge is -2.38. The zero-order valence-corrected chi connectivity index (χ0v) is 13.4. The van der Waals surface area contributed by atoms with Gasteiger partial charge in [-0.3, -0.25) is 4.79 Å². The van der Waals surface area contributed by atoms with Crippen molar-refractivity contribution >= 4 is 29.0 Å². The number of halogens is 2. The van der Waals surface area contributed by atoms with Gasteiger partial charge in [0.1, 0.15) is 5.60 Å². The summed E-state index contributed by atoms with van der Waals surface area (Å²) in [5.74, 6) is 0.454. The molecule has 1 fully saturated rings. The lowest BCUT2D eigenvalue weighted by atomic mass is 9.75. The second-order valence-electron chi connectivity index (χ2n) is 5.58. The van der Waals surface area contributed by atoms with Crippen molar-refractivity contribution < 1.29 is 9.53 Å². The van der Waals surface area contributed by atoms with Crippen LogP contribution < -0.4 is 0 Å². The summed E-state index contributed by atoms with van der Waals surface area (Å²) in [5.41, 5.74) is -0.262. The highest BCUT2D eigenvalue weighted by Crippen LogP contribution is 2.39. The molecule has 110 valence electrons. The lowest BCUT2D eigenvalue weighted by molar-refractivity contribution is -0.0511. The van der Waals surface area contributed by atoms with Gasteiger partial charge in [-0.25, -0.2) is 0 Å². The Bertz CT molecular complexity index is 497. The van der Waals surface area contributed by atoms with E-state index in [0.29, 0.717) is 28.1 Å². The molecule has 0 aromatic heterocycles. The van der Waals surface area contributed by atoms with Crippen molar-refractivity contribution in [3.8, 4) is 0 Å². The molecule has 1 aromatic rings. The summed E-state index contributed by atoms with van der Waals surface area (Å²) < 4.78 is 5.90. The molecule has 1 aromatic carbocycles. The Morgan fingerprint density at radius 3 is 2.85 bits per heavy atom. The number of Topliss-reactive ketones (excluding diaryl/α,β-unsaturated/α-hetero) is 1. The third-order valence-corrected chi connectivity index (χ3v) is 4.53. The maximum atomic E-state index is 13.0. The molecule has 0 spiro atoms. The van der Waals surface area contributed by atoms with E-state index in [-0.39, 0.29) is 5.78 Å². The van der Waals surface area contributed by atoms with Gasteiger partial charge in [-0.2, -0.15) is 0 Å². The number of hydrogen-bond donors (Lipinski definition) is 0. The van der Waals surface area contributed by atoms with Gasteiger partial charge in [-0.1, -0.05) is 36.5 Å². The Morgan fingerprint density at radius 2 is 2.20 bits per heavy atom. The molecule has 2 atom stereocenters. The topological polar surface area (TPSA) is 26.3 Å². The Labute approximate surface area is 130 Å². The summed E-state index contributed by atoms with van der Waals surface area (Å²) in [4.78, 5) is 13.0. The van der Waals surface area contributed by atoms with Crippen molar-refractivity contribution in [2.75, 3.05) is 6.61 Å². The van der Waals surface area contributed by atoms with Gasteiger partial charge in [0.25, 0.3) is 0 Å². The first-order valence-electron chi connectivity index (χ1n) is 7.12. The summed E-state index contributed by atoms with van der Waals surface area (Å²) in [7, 11) is 0. The Morgan fingerprint density at radius 1 is 1.45 bits per heavy atom. The number of benzene rings is 1. The van der Waals surface area contributed by atoms with Crippen molar-refractivity contribution in [2.24, 2.45) is 5.92 Å². The molecule has 0 radical (unpaired) electrons. The van der Waals surface area contributed by atoms with Crippen LogP contribution in [0.15, 0.2) is 18.2 Å². The summed E-state index contributed by atoms with van der Waals surface area (Å²) in [5, 5.41) is 0.963. The molecule has 0 aliphatic heterocycles. The zero-order chi connectivity index (χ0) is 14.8. The Kier molecular flexibility index (Phi) is 5.11. The number of carbonyl (C=O) groups is 1. The van der Waals surface area contributed by atoms with Gasteiger partial charge >= 0.3 is 0 Å². The van der Waals surface area contributed by atoms with E-state index in [1.807, 2.05) is 6.92 Å². The summed E-state index contributed by atoms with van der Waals surface area (Å²) >= 11 is 12.2. The van der Waals surface area contributed by atoms with Crippen LogP contribution in [0.2, 0.25) is 10.0 Å². The monoisotopic (exact) mass is 314 g/mol. The smallest absolute Gasteiger partial charge is 0.196 e. The van der Waals surface area contributed by atoms with E-state index in [4.69, 9.17) is 27.9 Å². The minimum absolute atomic E-state index is 0.0293. The van der Waals surface area contributed by atoms with Gasteiger partial charge < -0.3 is 4.74 Å². The van der Waals surface area contributed by atoms with E-state index in [0.717, 1.165) is 25.7 Å². The number of carbonyl (C=O) groups excluding carboxylic acids is 1. The van der Waals surface area contributed by atoms with E-state index in [2.05, 4.69) is 6.92 Å². The van der Waals surface area contributed by atoms with Crippen molar-refractivity contribution in [3.63, 3.8) is 0 Å². The average molecular weight is 315 g/mol. The van der Waals surface area contributed by atoms with E-state index in [1.54, 1.807) is 18.2 Å². The summed E-state index contributed by atoms with van der Waals surface area (Å²) in [6.45, 7) is 4.62. The van der Waals surface area contributed by atoms with Crippen molar-refractivity contribution in [1.29, 1.82) is 0 Å². The molecular formula is C16H20Cl2O2. The fraction of sp³-hybridized carbons (Fsp3) is 0.562. The molecule has 1 aliphatic rings. The molecular weight excluding hydrogens is 295 g/mol. The van der Waals surface area contributed by atoms with Gasteiger partial charge in [0.05, 0.1) is 5.02 Å². The number of ether oxygens (including phenoxy) is 1. The van der Waals surface area contributed by atoms with Gasteiger partial charge in [-0.05, 0) is 50.3 Å². The normalized spacial score (nSPS) is 26.5. The first-order valence-corrected chi connectivity index (χ1v) is 7.88.